The van der Waals surface area contributed by atoms with Crippen molar-refractivity contribution in [2.24, 2.45) is 5.73 Å². The molecule has 0 aliphatic heterocycles. The average Bonchev–Trinajstić information content (AvgIpc) is 3.04. The van der Waals surface area contributed by atoms with E-state index in [1.165, 1.54) is 25.6 Å². The zero-order chi connectivity index (χ0) is 37.3. The normalized spacial score (nSPS) is 14.4. The number of carboxylic acids is 1. The van der Waals surface area contributed by atoms with Gasteiger partial charge in [0.2, 0.25) is 23.6 Å². The number of ether oxygens (including phenoxy) is 1. The molecule has 4 amide bonds. The first kappa shape index (κ1) is 39.8. The van der Waals surface area contributed by atoms with Crippen molar-refractivity contribution in [3.8, 4) is 0 Å². The lowest BCUT2D eigenvalue weighted by atomic mass is 9.84. The molecule has 0 spiro atoms. The van der Waals surface area contributed by atoms with Gasteiger partial charge >= 0.3 is 5.97 Å². The number of aliphatic carboxylic acids is 1. The van der Waals surface area contributed by atoms with Crippen LogP contribution in [0.2, 0.25) is 0 Å². The first-order valence-corrected chi connectivity index (χ1v) is 17.1. The molecule has 0 saturated heterocycles. The number of rotatable bonds is 16. The highest BCUT2D eigenvalue weighted by atomic mass is 32.2. The van der Waals surface area contributed by atoms with E-state index >= 15 is 0 Å². The Morgan fingerprint density at radius 2 is 1.18 bits per heavy atom. The van der Waals surface area contributed by atoms with Crippen molar-refractivity contribution in [1.29, 1.82) is 0 Å². The lowest BCUT2D eigenvalue weighted by Crippen LogP contribution is -2.62. The number of thioether (sulfide) groups is 1. The molecule has 0 bridgehead atoms. The van der Waals surface area contributed by atoms with Crippen molar-refractivity contribution in [3.05, 3.63) is 108 Å². The Balaban J connectivity index is 2.07. The van der Waals surface area contributed by atoms with Crippen LogP contribution in [-0.2, 0) is 33.5 Å². The van der Waals surface area contributed by atoms with Crippen LogP contribution in [0.15, 0.2) is 91.0 Å². The van der Waals surface area contributed by atoms with Crippen molar-refractivity contribution in [2.45, 2.75) is 94.2 Å². The van der Waals surface area contributed by atoms with E-state index in [-0.39, 0.29) is 0 Å². The summed E-state index contributed by atoms with van der Waals surface area (Å²) in [7, 11) is 0. The lowest BCUT2D eigenvalue weighted by Gasteiger charge is -2.44. The Hall–Kier alpha value is -4.68. The third-order valence-corrected chi connectivity index (χ3v) is 9.65. The SMILES string of the molecule is CC(=O)N[C@H](C(=O)N[C@@H](CC(N)=O)C(=O)N[C@H](C(=O)O)[C@@H](C)OC(C)(C)C)C(C)(C)SC(c1ccccc1)(c1ccccc1)c1ccccc1. The quantitative estimate of drug-likeness (QED) is 0.138. The van der Waals surface area contributed by atoms with Crippen LogP contribution in [0.5, 0.6) is 0 Å². The fraction of sp³-hybridized carbons (Fsp3) is 0.395. The molecule has 0 aliphatic rings. The average molecular weight is 705 g/mol. The molecule has 4 atom stereocenters. The van der Waals surface area contributed by atoms with E-state index in [1.807, 2.05) is 105 Å². The second kappa shape index (κ2) is 16.8. The van der Waals surface area contributed by atoms with Gasteiger partial charge in [0.25, 0.3) is 0 Å². The first-order valence-electron chi connectivity index (χ1n) is 16.3. The van der Waals surface area contributed by atoms with Crippen LogP contribution in [0.3, 0.4) is 0 Å². The molecule has 268 valence electrons. The zero-order valence-corrected chi connectivity index (χ0v) is 30.4. The standard InChI is InChI=1S/C38H48N4O7S/c1-24(49-36(3,4)5)31(35(47)48)42-33(45)29(23-30(39)44)41-34(46)32(40-25(2)43)37(6,7)50-38(26-17-11-8-12-18-26,27-19-13-9-14-20-27)28-21-15-10-16-22-28/h8-22,24,29,31-32H,23H2,1-7H3,(H2,39,44)(H,40,43)(H,41,46)(H,42,45)(H,47,48)/t24-,29+,31+,32-/m1/s1. The number of carbonyl (C=O) groups excluding carboxylic acids is 4. The Kier molecular flexibility index (Phi) is 13.4. The molecule has 0 heterocycles. The summed E-state index contributed by atoms with van der Waals surface area (Å²) < 4.78 is 3.79. The molecular weight excluding hydrogens is 657 g/mol. The Labute approximate surface area is 298 Å². The number of carbonyl (C=O) groups is 5. The monoisotopic (exact) mass is 704 g/mol. The van der Waals surface area contributed by atoms with Crippen LogP contribution in [-0.4, -0.2) is 69.3 Å². The molecule has 12 heteroatoms. The summed E-state index contributed by atoms with van der Waals surface area (Å²) in [5, 5.41) is 17.6. The zero-order valence-electron chi connectivity index (χ0n) is 29.6. The van der Waals surface area contributed by atoms with E-state index in [2.05, 4.69) is 16.0 Å². The van der Waals surface area contributed by atoms with Gasteiger partial charge in [-0.25, -0.2) is 4.79 Å². The fourth-order valence-corrected chi connectivity index (χ4v) is 7.67. The van der Waals surface area contributed by atoms with Gasteiger partial charge in [-0.3, -0.25) is 19.2 Å². The highest BCUT2D eigenvalue weighted by Crippen LogP contribution is 2.54. The molecular formula is C38H48N4O7S. The van der Waals surface area contributed by atoms with Crippen LogP contribution in [0.25, 0.3) is 0 Å². The van der Waals surface area contributed by atoms with Crippen molar-refractivity contribution in [3.63, 3.8) is 0 Å². The van der Waals surface area contributed by atoms with E-state index in [0.717, 1.165) is 16.7 Å². The van der Waals surface area contributed by atoms with Crippen LogP contribution in [0.4, 0.5) is 0 Å². The largest absolute Gasteiger partial charge is 0.480 e. The van der Waals surface area contributed by atoms with Crippen LogP contribution in [0.1, 0.15) is 71.6 Å². The maximum atomic E-state index is 14.2. The number of hydrogen-bond acceptors (Lipinski definition) is 7. The molecule has 0 unspecified atom stereocenters. The van der Waals surface area contributed by atoms with Crippen LogP contribution < -0.4 is 21.7 Å². The Bertz CT molecular complexity index is 1530. The smallest absolute Gasteiger partial charge is 0.328 e. The summed E-state index contributed by atoms with van der Waals surface area (Å²) >= 11 is 1.44. The molecule has 0 radical (unpaired) electrons. The van der Waals surface area contributed by atoms with Gasteiger partial charge in [-0.05, 0) is 58.2 Å². The molecule has 0 aromatic heterocycles. The molecule has 3 aromatic carbocycles. The second-order valence-corrected chi connectivity index (χ2v) is 15.5. The minimum absolute atomic E-state index is 0.501. The van der Waals surface area contributed by atoms with Crippen LogP contribution in [0, 0.1) is 0 Å². The lowest BCUT2D eigenvalue weighted by molar-refractivity contribution is -0.150. The summed E-state index contributed by atoms with van der Waals surface area (Å²) in [6.45, 7) is 11.6. The number of primary amides is 1. The topological polar surface area (TPSA) is 177 Å². The molecule has 0 fully saturated rings. The molecule has 3 aromatic rings. The molecule has 6 N–H and O–H groups in total. The predicted molar refractivity (Wildman–Crippen MR) is 194 cm³/mol. The van der Waals surface area contributed by atoms with Gasteiger partial charge in [0.1, 0.15) is 12.1 Å². The van der Waals surface area contributed by atoms with Gasteiger partial charge in [-0.1, -0.05) is 91.0 Å². The highest BCUT2D eigenvalue weighted by Gasteiger charge is 2.48. The van der Waals surface area contributed by atoms with Gasteiger partial charge in [0.05, 0.1) is 22.9 Å². The summed E-state index contributed by atoms with van der Waals surface area (Å²) in [5.74, 6) is -4.50. The summed E-state index contributed by atoms with van der Waals surface area (Å²) in [6.07, 6.45) is -1.59. The number of nitrogens with one attached hydrogen (secondary N) is 3. The van der Waals surface area contributed by atoms with E-state index in [1.54, 1.807) is 20.8 Å². The van der Waals surface area contributed by atoms with E-state index in [0.29, 0.717) is 0 Å². The molecule has 3 rings (SSSR count). The highest BCUT2D eigenvalue weighted by molar-refractivity contribution is 8.02. The van der Waals surface area contributed by atoms with Crippen molar-refractivity contribution < 1.29 is 33.8 Å². The van der Waals surface area contributed by atoms with E-state index in [9.17, 15) is 29.1 Å². The maximum Gasteiger partial charge on any atom is 0.328 e. The molecule has 0 aliphatic carbocycles. The third-order valence-electron chi connectivity index (χ3n) is 7.87. The van der Waals surface area contributed by atoms with Gasteiger partial charge in [-0.2, -0.15) is 0 Å². The number of nitrogens with two attached hydrogens (primary N) is 1. The molecule has 0 saturated carbocycles. The Morgan fingerprint density at radius 3 is 1.54 bits per heavy atom. The summed E-state index contributed by atoms with van der Waals surface area (Å²) in [4.78, 5) is 64.7. The minimum atomic E-state index is -1.55. The summed E-state index contributed by atoms with van der Waals surface area (Å²) in [6, 6.07) is 25.1. The van der Waals surface area contributed by atoms with Crippen molar-refractivity contribution in [2.75, 3.05) is 0 Å². The third kappa shape index (κ3) is 10.4. The predicted octanol–water partition coefficient (Wildman–Crippen LogP) is 4.13. The van der Waals surface area contributed by atoms with Gasteiger partial charge in [-0.15, -0.1) is 11.8 Å². The van der Waals surface area contributed by atoms with E-state index < -0.39 is 75.3 Å². The number of benzene rings is 3. The van der Waals surface area contributed by atoms with Gasteiger partial charge in [0.15, 0.2) is 6.04 Å². The van der Waals surface area contributed by atoms with Gasteiger partial charge < -0.3 is 31.5 Å². The number of carboxylic acid groups (broad SMARTS) is 1. The van der Waals surface area contributed by atoms with Crippen molar-refractivity contribution in [1.82, 2.24) is 16.0 Å². The fourth-order valence-electron chi connectivity index (χ4n) is 5.83. The van der Waals surface area contributed by atoms with Crippen LogP contribution >= 0.6 is 11.8 Å². The maximum absolute atomic E-state index is 14.2. The number of amides is 4. The minimum Gasteiger partial charge on any atom is -0.480 e. The first-order chi connectivity index (χ1) is 23.4. The second-order valence-electron chi connectivity index (χ2n) is 13.6. The Morgan fingerprint density at radius 1 is 0.740 bits per heavy atom. The van der Waals surface area contributed by atoms with E-state index in [4.69, 9.17) is 10.5 Å². The van der Waals surface area contributed by atoms with Crippen molar-refractivity contribution >= 4 is 41.4 Å². The molecule has 50 heavy (non-hydrogen) atoms. The molecule has 11 nitrogen and oxygen atoms in total. The number of hydrogen-bond donors (Lipinski definition) is 5. The summed E-state index contributed by atoms with van der Waals surface area (Å²) in [5.41, 5.74) is 7.53. The van der Waals surface area contributed by atoms with Gasteiger partial charge in [0, 0.05) is 11.7 Å².